The van der Waals surface area contributed by atoms with Gasteiger partial charge in [0.05, 0.1) is 22.1 Å². The first-order valence-electron chi connectivity index (χ1n) is 7.76. The highest BCUT2D eigenvalue weighted by Crippen LogP contribution is 2.33. The Labute approximate surface area is 162 Å². The van der Waals surface area contributed by atoms with Crippen molar-refractivity contribution in [3.05, 3.63) is 62.8 Å². The van der Waals surface area contributed by atoms with Gasteiger partial charge in [0.25, 0.3) is 5.91 Å². The van der Waals surface area contributed by atoms with Gasteiger partial charge in [-0.1, -0.05) is 18.2 Å². The normalized spacial score (nSPS) is 17.4. The number of rotatable bonds is 4. The minimum atomic E-state index is -0.292. The van der Waals surface area contributed by atoms with Crippen LogP contribution in [0.3, 0.4) is 0 Å². The van der Waals surface area contributed by atoms with E-state index in [1.165, 1.54) is 12.1 Å². The van der Waals surface area contributed by atoms with Crippen molar-refractivity contribution < 1.29 is 18.7 Å². The Morgan fingerprint density at radius 2 is 1.88 bits per heavy atom. The molecule has 0 aliphatic carbocycles. The van der Waals surface area contributed by atoms with Crippen molar-refractivity contribution in [3.8, 4) is 5.75 Å². The average molecular weight is 473 g/mol. The number of ether oxygens (including phenoxy) is 2. The van der Waals surface area contributed by atoms with Gasteiger partial charge in [0.2, 0.25) is 0 Å². The summed E-state index contributed by atoms with van der Waals surface area (Å²) in [7, 11) is 0. The molecule has 1 aliphatic rings. The number of hydrogen-bond donors (Lipinski definition) is 0. The molecule has 2 aromatic carbocycles. The Kier molecular flexibility index (Phi) is 6.09. The van der Waals surface area contributed by atoms with E-state index in [1.54, 1.807) is 17.0 Å². The van der Waals surface area contributed by atoms with Crippen LogP contribution in [0.2, 0.25) is 0 Å². The van der Waals surface area contributed by atoms with Gasteiger partial charge in [-0.2, -0.15) is 0 Å². The second-order valence-corrected chi connectivity index (χ2v) is 7.30. The molecule has 1 heterocycles. The summed E-state index contributed by atoms with van der Waals surface area (Å²) in [5, 5.41) is 0. The summed E-state index contributed by atoms with van der Waals surface area (Å²) in [4.78, 5) is 14.2. The quantitative estimate of drug-likeness (QED) is 0.664. The van der Waals surface area contributed by atoms with E-state index in [9.17, 15) is 9.18 Å². The molecule has 0 aromatic heterocycles. The highest BCUT2D eigenvalue weighted by Gasteiger charge is 2.26. The van der Waals surface area contributed by atoms with Crippen molar-refractivity contribution in [3.63, 3.8) is 0 Å². The SMILES string of the molecule is O=C(COc1c(Br)cccc1Br)N1CCOC(c2ccc(F)cc2)C1. The fraction of sp³-hybridized carbons (Fsp3) is 0.278. The molecular weight excluding hydrogens is 457 g/mol. The molecule has 0 radical (unpaired) electrons. The Bertz CT molecular complexity index is 734. The minimum absolute atomic E-state index is 0.0582. The van der Waals surface area contributed by atoms with Crippen molar-refractivity contribution >= 4 is 37.8 Å². The van der Waals surface area contributed by atoms with Crippen molar-refractivity contribution in [1.29, 1.82) is 0 Å². The maximum Gasteiger partial charge on any atom is 0.260 e. The first kappa shape index (κ1) is 18.4. The van der Waals surface area contributed by atoms with E-state index < -0.39 is 0 Å². The third-order valence-corrected chi connectivity index (χ3v) is 5.17. The van der Waals surface area contributed by atoms with Gasteiger partial charge in [0.15, 0.2) is 6.61 Å². The largest absolute Gasteiger partial charge is 0.481 e. The molecule has 1 unspecified atom stereocenters. The van der Waals surface area contributed by atoms with Crippen LogP contribution < -0.4 is 4.74 Å². The van der Waals surface area contributed by atoms with Crippen LogP contribution in [0.4, 0.5) is 4.39 Å². The van der Waals surface area contributed by atoms with Crippen LogP contribution in [0.1, 0.15) is 11.7 Å². The summed E-state index contributed by atoms with van der Waals surface area (Å²) in [5.74, 6) is 0.192. The lowest BCUT2D eigenvalue weighted by atomic mass is 10.1. The maximum absolute atomic E-state index is 13.1. The summed E-state index contributed by atoms with van der Waals surface area (Å²) in [5.41, 5.74) is 0.855. The predicted molar refractivity (Wildman–Crippen MR) is 99.0 cm³/mol. The number of benzene rings is 2. The number of halogens is 3. The lowest BCUT2D eigenvalue weighted by Crippen LogP contribution is -2.44. The van der Waals surface area contributed by atoms with Crippen molar-refractivity contribution in [2.24, 2.45) is 0 Å². The molecule has 1 amide bonds. The van der Waals surface area contributed by atoms with Gasteiger partial charge >= 0.3 is 0 Å². The number of para-hydroxylation sites is 1. The molecule has 132 valence electrons. The van der Waals surface area contributed by atoms with Crippen LogP contribution in [0.15, 0.2) is 51.4 Å². The predicted octanol–water partition coefficient (Wildman–Crippen LogP) is 4.33. The molecule has 1 fully saturated rings. The smallest absolute Gasteiger partial charge is 0.260 e. The van der Waals surface area contributed by atoms with Gasteiger partial charge in [-0.3, -0.25) is 4.79 Å². The number of nitrogens with zero attached hydrogens (tertiary/aromatic N) is 1. The number of amides is 1. The van der Waals surface area contributed by atoms with Gasteiger partial charge < -0.3 is 14.4 Å². The lowest BCUT2D eigenvalue weighted by Gasteiger charge is -2.33. The summed E-state index contributed by atoms with van der Waals surface area (Å²) < 4.78 is 26.0. The van der Waals surface area contributed by atoms with Crippen molar-refractivity contribution in [1.82, 2.24) is 4.90 Å². The molecule has 1 atom stereocenters. The molecule has 3 rings (SSSR count). The number of carbonyl (C=O) groups excluding carboxylic acids is 1. The van der Waals surface area contributed by atoms with E-state index in [1.807, 2.05) is 18.2 Å². The second kappa shape index (κ2) is 8.29. The monoisotopic (exact) mass is 471 g/mol. The molecule has 0 N–H and O–H groups in total. The average Bonchev–Trinajstić information content (AvgIpc) is 2.62. The second-order valence-electron chi connectivity index (χ2n) is 5.59. The molecule has 0 saturated carbocycles. The minimum Gasteiger partial charge on any atom is -0.481 e. The number of carbonyl (C=O) groups is 1. The van der Waals surface area contributed by atoms with Gasteiger partial charge in [0, 0.05) is 6.54 Å². The van der Waals surface area contributed by atoms with Crippen LogP contribution >= 0.6 is 31.9 Å². The van der Waals surface area contributed by atoms with Gasteiger partial charge in [-0.05, 0) is 61.7 Å². The van der Waals surface area contributed by atoms with E-state index in [0.717, 1.165) is 14.5 Å². The van der Waals surface area contributed by atoms with Crippen molar-refractivity contribution in [2.45, 2.75) is 6.10 Å². The van der Waals surface area contributed by atoms with Crippen LogP contribution in [-0.4, -0.2) is 37.1 Å². The molecule has 0 bridgehead atoms. The Hall–Kier alpha value is -1.44. The molecule has 25 heavy (non-hydrogen) atoms. The molecule has 1 aliphatic heterocycles. The third-order valence-electron chi connectivity index (χ3n) is 3.92. The van der Waals surface area contributed by atoms with Gasteiger partial charge in [-0.25, -0.2) is 4.39 Å². The Balaban J connectivity index is 1.61. The highest BCUT2D eigenvalue weighted by atomic mass is 79.9. The molecular formula is C18H16Br2FNO3. The van der Waals surface area contributed by atoms with Gasteiger partial charge in [-0.15, -0.1) is 0 Å². The standard InChI is InChI=1S/C18H16Br2FNO3/c19-14-2-1-3-15(20)18(14)25-11-17(23)22-8-9-24-16(10-22)12-4-6-13(21)7-5-12/h1-7,16H,8-11H2. The fourth-order valence-corrected chi connectivity index (χ4v) is 3.83. The van der Waals surface area contributed by atoms with Crippen molar-refractivity contribution in [2.75, 3.05) is 26.3 Å². The van der Waals surface area contributed by atoms with Crippen LogP contribution in [0, 0.1) is 5.82 Å². The highest BCUT2D eigenvalue weighted by molar-refractivity contribution is 9.11. The zero-order valence-corrected chi connectivity index (χ0v) is 16.4. The molecule has 1 saturated heterocycles. The molecule has 4 nitrogen and oxygen atoms in total. The Morgan fingerprint density at radius 1 is 1.20 bits per heavy atom. The van der Waals surface area contributed by atoms with E-state index in [2.05, 4.69) is 31.9 Å². The topological polar surface area (TPSA) is 38.8 Å². The van der Waals surface area contributed by atoms with Crippen LogP contribution in [0.25, 0.3) is 0 Å². The van der Waals surface area contributed by atoms with E-state index in [4.69, 9.17) is 9.47 Å². The number of morpholine rings is 1. The molecule has 2 aromatic rings. The maximum atomic E-state index is 13.1. The van der Waals surface area contributed by atoms with E-state index >= 15 is 0 Å². The number of hydrogen-bond acceptors (Lipinski definition) is 3. The summed E-state index contributed by atoms with van der Waals surface area (Å²) in [6.45, 7) is 1.31. The first-order chi connectivity index (χ1) is 12.0. The summed E-state index contributed by atoms with van der Waals surface area (Å²) in [6, 6.07) is 11.7. The zero-order chi connectivity index (χ0) is 17.8. The summed E-state index contributed by atoms with van der Waals surface area (Å²) >= 11 is 6.82. The van der Waals surface area contributed by atoms with Crippen LogP contribution in [0.5, 0.6) is 5.75 Å². The van der Waals surface area contributed by atoms with Gasteiger partial charge in [0.1, 0.15) is 17.7 Å². The zero-order valence-electron chi connectivity index (χ0n) is 13.3. The van der Waals surface area contributed by atoms with E-state index in [-0.39, 0.29) is 24.4 Å². The third kappa shape index (κ3) is 4.59. The lowest BCUT2D eigenvalue weighted by molar-refractivity contribution is -0.141. The van der Waals surface area contributed by atoms with Crippen LogP contribution in [-0.2, 0) is 9.53 Å². The molecule has 0 spiro atoms. The summed E-state index contributed by atoms with van der Waals surface area (Å²) in [6.07, 6.45) is -0.256. The molecule has 7 heteroatoms. The fourth-order valence-electron chi connectivity index (χ4n) is 2.60. The first-order valence-corrected chi connectivity index (χ1v) is 9.35. The van der Waals surface area contributed by atoms with E-state index in [0.29, 0.717) is 25.4 Å². The Morgan fingerprint density at radius 3 is 2.56 bits per heavy atom.